The van der Waals surface area contributed by atoms with Crippen LogP contribution in [0.2, 0.25) is 0 Å². The first kappa shape index (κ1) is 11.4. The summed E-state index contributed by atoms with van der Waals surface area (Å²) >= 11 is -3.18. The van der Waals surface area contributed by atoms with Gasteiger partial charge in [-0.2, -0.15) is 0 Å². The molecule has 0 spiro atoms. The molecular weight excluding hydrogens is 185 g/mol. The monoisotopic (exact) mass is 193 g/mol. The number of carbonyl (C=O) groups is 2. The van der Waals surface area contributed by atoms with E-state index < -0.39 is 27.0 Å². The van der Waals surface area contributed by atoms with Gasteiger partial charge in [-0.3, -0.25) is 9.59 Å². The van der Waals surface area contributed by atoms with E-state index in [-0.39, 0.29) is 4.21 Å². The highest BCUT2D eigenvalue weighted by Crippen LogP contribution is 1.93. The van der Waals surface area contributed by atoms with Crippen molar-refractivity contribution < 1.29 is 27.6 Å². The van der Waals surface area contributed by atoms with Crippen molar-refractivity contribution in [2.45, 2.75) is 13.8 Å². The van der Waals surface area contributed by atoms with E-state index in [2.05, 4.69) is 7.58 Å². The summed E-state index contributed by atoms with van der Waals surface area (Å²) in [4.78, 5) is 20.6. The molecule has 0 bridgehead atoms. The summed E-state index contributed by atoms with van der Waals surface area (Å²) in [6.07, 6.45) is 0. The lowest BCUT2D eigenvalue weighted by Crippen LogP contribution is -2.42. The Bertz CT molecular complexity index is 166. The summed E-state index contributed by atoms with van der Waals surface area (Å²) in [6, 6.07) is 0. The fourth-order valence-electron chi connectivity index (χ4n) is 0.402. The lowest BCUT2D eigenvalue weighted by molar-refractivity contribution is -0.258. The first-order valence-corrected chi connectivity index (χ1v) is 4.41. The molecule has 0 amide bonds. The molecule has 0 saturated carbocycles. The maximum absolute atomic E-state index is 10.3. The van der Waals surface area contributed by atoms with Crippen LogP contribution in [0.3, 0.4) is 0 Å². The Morgan fingerprint density at radius 1 is 1.17 bits per heavy atom. The van der Waals surface area contributed by atoms with Crippen LogP contribution in [0.15, 0.2) is 0 Å². The molecular formula is C4H8AlNO6. The summed E-state index contributed by atoms with van der Waals surface area (Å²) in [5, 5.41) is 16.8. The largest absolute Gasteiger partial charge is 1.05 e. The van der Waals surface area contributed by atoms with E-state index in [1.807, 2.05) is 0 Å². The molecule has 0 aromatic carbocycles. The van der Waals surface area contributed by atoms with E-state index in [1.165, 1.54) is 0 Å². The van der Waals surface area contributed by atoms with Crippen molar-refractivity contribution >= 4 is 27.0 Å². The van der Waals surface area contributed by atoms with Gasteiger partial charge >= 0.3 is 15.0 Å². The molecule has 0 radical (unpaired) electrons. The Kier molecular flexibility index (Phi) is 4.80. The predicted molar refractivity (Wildman–Crippen MR) is 34.7 cm³/mol. The van der Waals surface area contributed by atoms with Crippen molar-refractivity contribution in [3.8, 4) is 0 Å². The lowest BCUT2D eigenvalue weighted by Gasteiger charge is -2.12. The normalized spacial score (nSPS) is 9.42. The SMILES string of the molecule is CC(=O)[O][Al]([O]C(C)=O)[N](O)O. The Morgan fingerprint density at radius 2 is 1.50 bits per heavy atom. The smallest absolute Gasteiger partial charge is 0.570 e. The third kappa shape index (κ3) is 5.06. The van der Waals surface area contributed by atoms with Gasteiger partial charge in [0.25, 0.3) is 11.9 Å². The summed E-state index contributed by atoms with van der Waals surface area (Å²) in [5.74, 6) is -1.50. The van der Waals surface area contributed by atoms with E-state index in [1.54, 1.807) is 0 Å². The zero-order valence-corrected chi connectivity index (χ0v) is 7.71. The van der Waals surface area contributed by atoms with Gasteiger partial charge in [-0.1, -0.05) is 4.21 Å². The first-order chi connectivity index (χ1) is 5.43. The molecule has 0 aliphatic rings. The van der Waals surface area contributed by atoms with Crippen molar-refractivity contribution in [2.75, 3.05) is 0 Å². The lowest BCUT2D eigenvalue weighted by atomic mass is 10.9. The van der Waals surface area contributed by atoms with Crippen molar-refractivity contribution in [3.63, 3.8) is 0 Å². The average molecular weight is 193 g/mol. The van der Waals surface area contributed by atoms with Crippen LogP contribution in [0, 0.1) is 0 Å². The maximum atomic E-state index is 10.3. The van der Waals surface area contributed by atoms with E-state index in [0.717, 1.165) is 13.8 Å². The molecule has 7 nitrogen and oxygen atoms in total. The maximum Gasteiger partial charge on any atom is 1.05 e. The van der Waals surface area contributed by atoms with Gasteiger partial charge in [0.1, 0.15) is 0 Å². The summed E-state index contributed by atoms with van der Waals surface area (Å²) in [6.45, 7) is 2.12. The number of rotatable bonds is 3. The molecule has 0 aromatic rings. The van der Waals surface area contributed by atoms with Crippen molar-refractivity contribution in [1.29, 1.82) is 0 Å². The van der Waals surface area contributed by atoms with Crippen LogP contribution < -0.4 is 0 Å². The van der Waals surface area contributed by atoms with Gasteiger partial charge in [-0.05, 0) is 0 Å². The molecule has 0 aromatic heterocycles. The van der Waals surface area contributed by atoms with Crippen molar-refractivity contribution in [2.24, 2.45) is 0 Å². The summed E-state index contributed by atoms with van der Waals surface area (Å²) in [7, 11) is 0. The Balaban J connectivity index is 4.04. The third-order valence-corrected chi connectivity index (χ3v) is 2.17. The van der Waals surface area contributed by atoms with Crippen LogP contribution >= 0.6 is 0 Å². The molecule has 0 fully saturated rings. The van der Waals surface area contributed by atoms with Crippen LogP contribution in [-0.2, 0) is 17.2 Å². The van der Waals surface area contributed by atoms with E-state index in [0.29, 0.717) is 0 Å². The Labute approximate surface area is 73.3 Å². The van der Waals surface area contributed by atoms with Crippen LogP contribution in [0.4, 0.5) is 0 Å². The minimum absolute atomic E-state index is 0.386. The van der Waals surface area contributed by atoms with Crippen LogP contribution in [-0.4, -0.2) is 41.6 Å². The molecule has 0 rings (SSSR count). The van der Waals surface area contributed by atoms with Crippen LogP contribution in [0.25, 0.3) is 0 Å². The van der Waals surface area contributed by atoms with Crippen molar-refractivity contribution in [3.05, 3.63) is 0 Å². The molecule has 12 heavy (non-hydrogen) atoms. The van der Waals surface area contributed by atoms with Gasteiger partial charge < -0.3 is 18.0 Å². The molecule has 0 aliphatic carbocycles. The fraction of sp³-hybridized carbons (Fsp3) is 0.500. The van der Waals surface area contributed by atoms with Gasteiger partial charge in [0.2, 0.25) is 0 Å². The van der Waals surface area contributed by atoms with Crippen LogP contribution in [0.1, 0.15) is 13.8 Å². The summed E-state index contributed by atoms with van der Waals surface area (Å²) < 4.78 is 8.22. The molecule has 0 atom stereocenters. The second-order valence-corrected chi connectivity index (χ2v) is 3.39. The van der Waals surface area contributed by atoms with Crippen LogP contribution in [0.5, 0.6) is 0 Å². The fourth-order valence-corrected chi connectivity index (χ4v) is 1.21. The Morgan fingerprint density at radius 3 is 1.67 bits per heavy atom. The first-order valence-electron chi connectivity index (χ1n) is 2.95. The number of hydrogen-bond acceptors (Lipinski definition) is 7. The van der Waals surface area contributed by atoms with Crippen molar-refractivity contribution in [1.82, 2.24) is 4.21 Å². The number of carbonyl (C=O) groups excluding carboxylic acids is 2. The highest BCUT2D eigenvalue weighted by molar-refractivity contribution is 6.44. The third-order valence-electron chi connectivity index (χ3n) is 0.722. The molecule has 0 heterocycles. The van der Waals surface area contributed by atoms with Gasteiger partial charge in [0, 0.05) is 13.8 Å². The molecule has 0 unspecified atom stereocenters. The zero-order valence-electron chi connectivity index (χ0n) is 6.55. The topological polar surface area (TPSA) is 96.3 Å². The summed E-state index contributed by atoms with van der Waals surface area (Å²) in [5.41, 5.74) is 0. The van der Waals surface area contributed by atoms with Gasteiger partial charge in [0.05, 0.1) is 0 Å². The van der Waals surface area contributed by atoms with Gasteiger partial charge in [0.15, 0.2) is 0 Å². The standard InChI is InChI=1S/2C2H4O2.Al.H2NO2/c2*1-2(3)4;;2-1-3/h2*1H3,(H,3,4);;2-3H/q;;+3;-1/p-2. The molecule has 2 N–H and O–H groups in total. The predicted octanol–water partition coefficient (Wildman–Crippen LogP) is -0.822. The Hall–Kier alpha value is -0.648. The van der Waals surface area contributed by atoms with E-state index >= 15 is 0 Å². The second-order valence-electron chi connectivity index (χ2n) is 1.85. The number of nitrogens with zero attached hydrogens (tertiary/aromatic N) is 1. The molecule has 68 valence electrons. The molecule has 8 heteroatoms. The molecule has 0 aliphatic heterocycles. The zero-order chi connectivity index (χ0) is 9.72. The minimum Gasteiger partial charge on any atom is -0.570 e. The second kappa shape index (κ2) is 5.08. The van der Waals surface area contributed by atoms with Gasteiger partial charge in [-0.15, -0.1) is 0 Å². The van der Waals surface area contributed by atoms with E-state index in [4.69, 9.17) is 10.4 Å². The highest BCUT2D eigenvalue weighted by Gasteiger charge is 2.45. The minimum atomic E-state index is -3.18. The highest BCUT2D eigenvalue weighted by atomic mass is 27.2. The van der Waals surface area contributed by atoms with E-state index in [9.17, 15) is 9.59 Å². The molecule has 0 saturated heterocycles. The van der Waals surface area contributed by atoms with Gasteiger partial charge in [-0.25, -0.2) is 0 Å². The number of hydrogen-bond donors (Lipinski definition) is 2. The quantitative estimate of drug-likeness (QED) is 0.446. The average Bonchev–Trinajstić information content (AvgIpc) is 1.83.